The number of hydrogen-bond acceptors (Lipinski definition) is 3. The maximum Gasteiger partial charge on any atom is 0.290 e. The fourth-order valence-electron chi connectivity index (χ4n) is 1.05. The molecule has 2 rings (SSSR count). The summed E-state index contributed by atoms with van der Waals surface area (Å²) in [5.41, 5.74) is 0.466. The zero-order chi connectivity index (χ0) is 9.42. The average molecular weight is 197 g/mol. The molecule has 0 aromatic carbocycles. The van der Waals surface area contributed by atoms with E-state index in [-0.39, 0.29) is 5.75 Å². The van der Waals surface area contributed by atoms with Gasteiger partial charge in [-0.2, -0.15) is 0 Å². The fourth-order valence-corrected chi connectivity index (χ4v) is 1.20. The van der Waals surface area contributed by atoms with E-state index in [0.29, 0.717) is 16.1 Å². The molecular formula is C8H5ClN2O2. The molecule has 0 saturated carbocycles. The molecule has 2 heterocycles. The highest BCUT2D eigenvalue weighted by Gasteiger charge is 2.01. The molecule has 0 amide bonds. The molecule has 4 nitrogen and oxygen atoms in total. The van der Waals surface area contributed by atoms with Crippen LogP contribution in [0, 0.1) is 0 Å². The van der Waals surface area contributed by atoms with Gasteiger partial charge in [-0.1, -0.05) is 11.6 Å². The van der Waals surface area contributed by atoms with Crippen LogP contribution in [0.3, 0.4) is 0 Å². The van der Waals surface area contributed by atoms with Gasteiger partial charge >= 0.3 is 0 Å². The first-order valence-corrected chi connectivity index (χ1v) is 3.92. The standard InChI is InChI=1S/C8H5ClN2O2/c9-4-1-6-5(10-3-4)2-7(12)8(13)11-6/h1-3,12H,(H,11,13). The molecule has 2 aromatic rings. The van der Waals surface area contributed by atoms with Crippen LogP contribution in [0.25, 0.3) is 11.0 Å². The number of hydrogen-bond donors (Lipinski definition) is 2. The van der Waals surface area contributed by atoms with Crippen LogP contribution in [-0.4, -0.2) is 15.1 Å². The summed E-state index contributed by atoms with van der Waals surface area (Å²) in [6.07, 6.45) is 1.45. The lowest BCUT2D eigenvalue weighted by atomic mass is 10.3. The Hall–Kier alpha value is -1.55. The minimum atomic E-state index is -0.545. The average Bonchev–Trinajstić information content (AvgIpc) is 2.08. The van der Waals surface area contributed by atoms with Gasteiger partial charge in [0.1, 0.15) is 0 Å². The first-order valence-electron chi connectivity index (χ1n) is 3.54. The molecule has 0 unspecified atom stereocenters. The second-order valence-electron chi connectivity index (χ2n) is 2.57. The largest absolute Gasteiger partial charge is 0.503 e. The number of fused-ring (bicyclic) bond motifs is 1. The quantitative estimate of drug-likeness (QED) is 0.667. The lowest BCUT2D eigenvalue weighted by Crippen LogP contribution is -2.04. The Bertz CT molecular complexity index is 521. The van der Waals surface area contributed by atoms with Crippen molar-refractivity contribution in [2.75, 3.05) is 0 Å². The second-order valence-corrected chi connectivity index (χ2v) is 3.01. The summed E-state index contributed by atoms with van der Waals surface area (Å²) >= 11 is 5.66. The number of aromatic amines is 1. The topological polar surface area (TPSA) is 66.0 Å². The first kappa shape index (κ1) is 8.07. The fraction of sp³-hybridized carbons (Fsp3) is 0. The number of nitrogens with one attached hydrogen (secondary N) is 1. The van der Waals surface area contributed by atoms with Crippen LogP contribution >= 0.6 is 11.6 Å². The maximum atomic E-state index is 11.0. The van der Waals surface area contributed by atoms with Gasteiger partial charge in [0, 0.05) is 12.3 Å². The van der Waals surface area contributed by atoms with Crippen molar-refractivity contribution >= 4 is 22.6 Å². The predicted molar refractivity (Wildman–Crippen MR) is 49.0 cm³/mol. The minimum Gasteiger partial charge on any atom is -0.503 e. The minimum absolute atomic E-state index is 0.345. The van der Waals surface area contributed by atoms with Crippen LogP contribution in [0.2, 0.25) is 5.02 Å². The number of nitrogens with zero attached hydrogens (tertiary/aromatic N) is 1. The Morgan fingerprint density at radius 1 is 1.46 bits per heavy atom. The highest BCUT2D eigenvalue weighted by molar-refractivity contribution is 6.31. The van der Waals surface area contributed by atoms with E-state index < -0.39 is 5.56 Å². The maximum absolute atomic E-state index is 11.0. The van der Waals surface area contributed by atoms with Gasteiger partial charge in [0.05, 0.1) is 16.1 Å². The Morgan fingerprint density at radius 3 is 3.00 bits per heavy atom. The molecule has 2 N–H and O–H groups in total. The van der Waals surface area contributed by atoms with E-state index in [0.717, 1.165) is 0 Å². The van der Waals surface area contributed by atoms with Crippen LogP contribution in [0.4, 0.5) is 0 Å². The normalized spacial score (nSPS) is 10.5. The third-order valence-electron chi connectivity index (χ3n) is 1.64. The summed E-state index contributed by atoms with van der Waals surface area (Å²) in [6, 6.07) is 2.87. The van der Waals surface area contributed by atoms with Crippen molar-refractivity contribution < 1.29 is 5.11 Å². The number of H-pyrrole nitrogens is 1. The van der Waals surface area contributed by atoms with Crippen molar-refractivity contribution in [2.45, 2.75) is 0 Å². The molecule has 0 radical (unpaired) electrons. The summed E-state index contributed by atoms with van der Waals surface area (Å²) < 4.78 is 0. The van der Waals surface area contributed by atoms with E-state index >= 15 is 0 Å². The van der Waals surface area contributed by atoms with Crippen LogP contribution in [-0.2, 0) is 0 Å². The van der Waals surface area contributed by atoms with Crippen molar-refractivity contribution in [1.82, 2.24) is 9.97 Å². The Kier molecular flexibility index (Phi) is 1.70. The van der Waals surface area contributed by atoms with Crippen molar-refractivity contribution in [3.63, 3.8) is 0 Å². The van der Waals surface area contributed by atoms with E-state index in [9.17, 15) is 4.79 Å². The highest BCUT2D eigenvalue weighted by atomic mass is 35.5. The molecule has 0 aliphatic carbocycles. The molecule has 0 aliphatic rings. The molecule has 0 atom stereocenters. The molecule has 0 fully saturated rings. The van der Waals surface area contributed by atoms with Crippen molar-refractivity contribution in [3.8, 4) is 5.75 Å². The van der Waals surface area contributed by atoms with Crippen molar-refractivity contribution in [3.05, 3.63) is 33.7 Å². The summed E-state index contributed by atoms with van der Waals surface area (Å²) in [4.78, 5) is 17.3. The number of aromatic hydroxyl groups is 1. The molecule has 5 heteroatoms. The van der Waals surface area contributed by atoms with Gasteiger partial charge in [-0.05, 0) is 6.07 Å². The first-order chi connectivity index (χ1) is 6.16. The monoisotopic (exact) mass is 196 g/mol. The van der Waals surface area contributed by atoms with Crippen LogP contribution in [0.1, 0.15) is 0 Å². The number of rotatable bonds is 0. The predicted octanol–water partition coefficient (Wildman–Crippen LogP) is 1.28. The third-order valence-corrected chi connectivity index (χ3v) is 1.85. The van der Waals surface area contributed by atoms with Gasteiger partial charge in [-0.3, -0.25) is 9.78 Å². The zero-order valence-electron chi connectivity index (χ0n) is 6.41. The van der Waals surface area contributed by atoms with Gasteiger partial charge in [0.25, 0.3) is 5.56 Å². The van der Waals surface area contributed by atoms with Gasteiger partial charge in [-0.15, -0.1) is 0 Å². The summed E-state index contributed by atoms with van der Waals surface area (Å²) in [6.45, 7) is 0. The van der Waals surface area contributed by atoms with E-state index in [2.05, 4.69) is 9.97 Å². The number of aromatic nitrogens is 2. The van der Waals surface area contributed by atoms with Crippen LogP contribution in [0.15, 0.2) is 23.1 Å². The second kappa shape index (κ2) is 2.74. The molecular weight excluding hydrogens is 192 g/mol. The Balaban J connectivity index is 2.89. The Labute approximate surface area is 77.8 Å². The molecule has 2 aromatic heterocycles. The molecule has 13 heavy (non-hydrogen) atoms. The van der Waals surface area contributed by atoms with Gasteiger partial charge in [0.2, 0.25) is 0 Å². The molecule has 0 aliphatic heterocycles. The summed E-state index contributed by atoms with van der Waals surface area (Å²) in [7, 11) is 0. The van der Waals surface area contributed by atoms with Gasteiger partial charge < -0.3 is 10.1 Å². The van der Waals surface area contributed by atoms with E-state index in [4.69, 9.17) is 16.7 Å². The molecule has 0 spiro atoms. The number of pyridine rings is 2. The summed E-state index contributed by atoms with van der Waals surface area (Å²) in [5.74, 6) is -0.345. The highest BCUT2D eigenvalue weighted by Crippen LogP contribution is 2.15. The molecule has 0 saturated heterocycles. The number of halogens is 1. The van der Waals surface area contributed by atoms with Gasteiger partial charge in [-0.25, -0.2) is 0 Å². The van der Waals surface area contributed by atoms with Crippen LogP contribution in [0.5, 0.6) is 5.75 Å². The molecule has 0 bridgehead atoms. The van der Waals surface area contributed by atoms with E-state index in [1.54, 1.807) is 6.07 Å². The Morgan fingerprint density at radius 2 is 2.23 bits per heavy atom. The van der Waals surface area contributed by atoms with Crippen molar-refractivity contribution in [1.29, 1.82) is 0 Å². The lowest BCUT2D eigenvalue weighted by molar-refractivity contribution is 0.468. The van der Waals surface area contributed by atoms with Crippen molar-refractivity contribution in [2.24, 2.45) is 0 Å². The summed E-state index contributed by atoms with van der Waals surface area (Å²) in [5, 5.41) is 9.51. The van der Waals surface area contributed by atoms with Gasteiger partial charge in [0.15, 0.2) is 5.75 Å². The van der Waals surface area contributed by atoms with E-state index in [1.807, 2.05) is 0 Å². The zero-order valence-corrected chi connectivity index (χ0v) is 7.17. The van der Waals surface area contributed by atoms with E-state index in [1.165, 1.54) is 12.3 Å². The molecule has 66 valence electrons. The SMILES string of the molecule is O=c1[nH]c2cc(Cl)cnc2cc1O. The third kappa shape index (κ3) is 1.36. The van der Waals surface area contributed by atoms with Crippen LogP contribution < -0.4 is 5.56 Å². The lowest BCUT2D eigenvalue weighted by Gasteiger charge is -1.97. The smallest absolute Gasteiger partial charge is 0.290 e.